The van der Waals surface area contributed by atoms with E-state index in [9.17, 15) is 14.0 Å². The van der Waals surface area contributed by atoms with E-state index < -0.39 is 5.82 Å². The van der Waals surface area contributed by atoms with Crippen molar-refractivity contribution in [1.82, 2.24) is 9.80 Å². The van der Waals surface area contributed by atoms with Crippen LogP contribution in [-0.2, 0) is 4.79 Å². The summed E-state index contributed by atoms with van der Waals surface area (Å²) in [5.41, 5.74) is 0.100. The number of unbranched alkanes of at least 4 members (excludes halogenated alkanes) is 1. The summed E-state index contributed by atoms with van der Waals surface area (Å²) >= 11 is 0. The molecule has 21 heavy (non-hydrogen) atoms. The minimum atomic E-state index is -0.496. The van der Waals surface area contributed by atoms with Gasteiger partial charge in [-0.15, -0.1) is 0 Å². The molecule has 1 fully saturated rings. The van der Waals surface area contributed by atoms with Gasteiger partial charge in [0.15, 0.2) is 0 Å². The number of nitrogens with zero attached hydrogens (tertiary/aromatic N) is 2. The molecule has 0 radical (unpaired) electrons. The highest BCUT2D eigenvalue weighted by Gasteiger charge is 2.25. The maximum atomic E-state index is 13.6. The molecule has 0 aromatic heterocycles. The largest absolute Gasteiger partial charge is 0.339 e. The van der Waals surface area contributed by atoms with Gasteiger partial charge in [0.2, 0.25) is 5.91 Å². The van der Waals surface area contributed by atoms with Crippen LogP contribution in [0.25, 0.3) is 0 Å². The topological polar surface area (TPSA) is 40.6 Å². The maximum absolute atomic E-state index is 13.6. The van der Waals surface area contributed by atoms with E-state index in [4.69, 9.17) is 0 Å². The van der Waals surface area contributed by atoms with Gasteiger partial charge in [0.05, 0.1) is 5.56 Å². The molecule has 1 aliphatic heterocycles. The summed E-state index contributed by atoms with van der Waals surface area (Å²) in [5.74, 6) is -0.646. The number of hydrogen-bond acceptors (Lipinski definition) is 2. The number of carbonyl (C=O) groups excluding carboxylic acids is 2. The van der Waals surface area contributed by atoms with E-state index in [2.05, 4.69) is 6.92 Å². The molecule has 0 atom stereocenters. The van der Waals surface area contributed by atoms with Crippen LogP contribution in [0.5, 0.6) is 0 Å². The number of halogens is 1. The summed E-state index contributed by atoms with van der Waals surface area (Å²) < 4.78 is 13.6. The molecule has 114 valence electrons. The number of piperazine rings is 1. The van der Waals surface area contributed by atoms with Gasteiger partial charge in [0.25, 0.3) is 5.91 Å². The van der Waals surface area contributed by atoms with Crippen LogP contribution in [0.15, 0.2) is 24.3 Å². The third-order valence-electron chi connectivity index (χ3n) is 3.77. The summed E-state index contributed by atoms with van der Waals surface area (Å²) in [6, 6.07) is 6.01. The van der Waals surface area contributed by atoms with Gasteiger partial charge in [-0.25, -0.2) is 4.39 Å². The SMILES string of the molecule is CCCCC(=O)N1CCN(C(=O)c2ccccc2F)CC1. The smallest absolute Gasteiger partial charge is 0.256 e. The average Bonchev–Trinajstić information content (AvgIpc) is 2.52. The van der Waals surface area contributed by atoms with Gasteiger partial charge in [0.1, 0.15) is 5.82 Å². The molecule has 0 N–H and O–H groups in total. The van der Waals surface area contributed by atoms with E-state index in [0.717, 1.165) is 12.8 Å². The van der Waals surface area contributed by atoms with Crippen LogP contribution >= 0.6 is 0 Å². The molecule has 1 saturated heterocycles. The number of carbonyl (C=O) groups is 2. The maximum Gasteiger partial charge on any atom is 0.256 e. The van der Waals surface area contributed by atoms with Gasteiger partial charge in [-0.2, -0.15) is 0 Å². The number of rotatable bonds is 4. The van der Waals surface area contributed by atoms with Crippen LogP contribution in [0.1, 0.15) is 36.5 Å². The first-order valence-electron chi connectivity index (χ1n) is 7.45. The summed E-state index contributed by atoms with van der Waals surface area (Å²) in [6.07, 6.45) is 2.46. The van der Waals surface area contributed by atoms with Crippen molar-refractivity contribution in [3.05, 3.63) is 35.6 Å². The van der Waals surface area contributed by atoms with Crippen molar-refractivity contribution >= 4 is 11.8 Å². The molecule has 1 heterocycles. The lowest BCUT2D eigenvalue weighted by Gasteiger charge is -2.35. The van der Waals surface area contributed by atoms with Crippen molar-refractivity contribution in [2.45, 2.75) is 26.2 Å². The zero-order valence-corrected chi connectivity index (χ0v) is 12.3. The number of amides is 2. The van der Waals surface area contributed by atoms with Crippen LogP contribution in [-0.4, -0.2) is 47.8 Å². The van der Waals surface area contributed by atoms with E-state index in [1.807, 2.05) is 0 Å². The van der Waals surface area contributed by atoms with E-state index in [-0.39, 0.29) is 17.4 Å². The Labute approximate surface area is 124 Å². The highest BCUT2D eigenvalue weighted by molar-refractivity contribution is 5.94. The Hall–Kier alpha value is -1.91. The molecule has 4 nitrogen and oxygen atoms in total. The molecule has 1 aromatic carbocycles. The van der Waals surface area contributed by atoms with Crippen molar-refractivity contribution in [2.75, 3.05) is 26.2 Å². The summed E-state index contributed by atoms with van der Waals surface area (Å²) in [4.78, 5) is 27.6. The fourth-order valence-electron chi connectivity index (χ4n) is 2.45. The molecular formula is C16H21FN2O2. The van der Waals surface area contributed by atoms with E-state index in [0.29, 0.717) is 32.6 Å². The molecule has 0 spiro atoms. The molecule has 0 bridgehead atoms. The minimum Gasteiger partial charge on any atom is -0.339 e. The Balaban J connectivity index is 1.91. The second kappa shape index (κ2) is 7.20. The first-order valence-corrected chi connectivity index (χ1v) is 7.45. The van der Waals surface area contributed by atoms with Crippen molar-refractivity contribution < 1.29 is 14.0 Å². The molecule has 0 saturated carbocycles. The molecule has 1 aromatic rings. The Kier molecular flexibility index (Phi) is 5.31. The standard InChI is InChI=1S/C16H21FN2O2/c1-2-3-8-15(20)18-9-11-19(12-10-18)16(21)13-6-4-5-7-14(13)17/h4-7H,2-3,8-12H2,1H3. The molecule has 5 heteroatoms. The second-order valence-corrected chi connectivity index (χ2v) is 5.26. The van der Waals surface area contributed by atoms with Crippen LogP contribution < -0.4 is 0 Å². The third kappa shape index (κ3) is 3.80. The molecular weight excluding hydrogens is 271 g/mol. The van der Waals surface area contributed by atoms with Crippen LogP contribution in [0.2, 0.25) is 0 Å². The molecule has 0 unspecified atom stereocenters. The molecule has 2 amide bonds. The molecule has 2 rings (SSSR count). The van der Waals surface area contributed by atoms with Gasteiger partial charge < -0.3 is 9.80 Å². The first-order chi connectivity index (χ1) is 10.1. The zero-order valence-electron chi connectivity index (χ0n) is 12.3. The van der Waals surface area contributed by atoms with Crippen molar-refractivity contribution in [2.24, 2.45) is 0 Å². The average molecular weight is 292 g/mol. The summed E-state index contributed by atoms with van der Waals surface area (Å²) in [7, 11) is 0. The lowest BCUT2D eigenvalue weighted by molar-refractivity contribution is -0.132. The molecule has 0 aliphatic carbocycles. The fraction of sp³-hybridized carbons (Fsp3) is 0.500. The monoisotopic (exact) mass is 292 g/mol. The van der Waals surface area contributed by atoms with Gasteiger partial charge >= 0.3 is 0 Å². The predicted molar refractivity (Wildman–Crippen MR) is 78.4 cm³/mol. The normalized spacial score (nSPS) is 15.1. The Bertz CT molecular complexity index is 511. The zero-order chi connectivity index (χ0) is 15.2. The Morgan fingerprint density at radius 2 is 1.71 bits per heavy atom. The van der Waals surface area contributed by atoms with E-state index in [1.54, 1.807) is 21.9 Å². The van der Waals surface area contributed by atoms with Crippen LogP contribution in [0.4, 0.5) is 4.39 Å². The summed E-state index contributed by atoms with van der Waals surface area (Å²) in [6.45, 7) is 4.04. The summed E-state index contributed by atoms with van der Waals surface area (Å²) in [5, 5.41) is 0. The van der Waals surface area contributed by atoms with Crippen molar-refractivity contribution in [3.8, 4) is 0 Å². The minimum absolute atomic E-state index is 0.100. The number of benzene rings is 1. The van der Waals surface area contributed by atoms with Crippen LogP contribution in [0, 0.1) is 5.82 Å². The van der Waals surface area contributed by atoms with Gasteiger partial charge in [0, 0.05) is 32.6 Å². The van der Waals surface area contributed by atoms with Gasteiger partial charge in [-0.05, 0) is 18.6 Å². The predicted octanol–water partition coefficient (Wildman–Crippen LogP) is 2.30. The highest BCUT2D eigenvalue weighted by Crippen LogP contribution is 2.13. The van der Waals surface area contributed by atoms with Gasteiger partial charge in [-0.3, -0.25) is 9.59 Å². The Morgan fingerprint density at radius 3 is 2.33 bits per heavy atom. The fourth-order valence-corrected chi connectivity index (χ4v) is 2.45. The Morgan fingerprint density at radius 1 is 1.10 bits per heavy atom. The molecule has 1 aliphatic rings. The first kappa shape index (κ1) is 15.5. The lowest BCUT2D eigenvalue weighted by atomic mass is 10.1. The number of hydrogen-bond donors (Lipinski definition) is 0. The van der Waals surface area contributed by atoms with Crippen LogP contribution in [0.3, 0.4) is 0 Å². The highest BCUT2D eigenvalue weighted by atomic mass is 19.1. The second-order valence-electron chi connectivity index (χ2n) is 5.26. The van der Waals surface area contributed by atoms with E-state index in [1.165, 1.54) is 12.1 Å². The lowest BCUT2D eigenvalue weighted by Crippen LogP contribution is -2.50. The van der Waals surface area contributed by atoms with Gasteiger partial charge in [-0.1, -0.05) is 25.5 Å². The van der Waals surface area contributed by atoms with Crippen molar-refractivity contribution in [1.29, 1.82) is 0 Å². The van der Waals surface area contributed by atoms with Crippen molar-refractivity contribution in [3.63, 3.8) is 0 Å². The van der Waals surface area contributed by atoms with E-state index >= 15 is 0 Å². The third-order valence-corrected chi connectivity index (χ3v) is 3.77. The quantitative estimate of drug-likeness (QED) is 0.854.